The van der Waals surface area contributed by atoms with Gasteiger partial charge in [-0.05, 0) is 54.4 Å². The van der Waals surface area contributed by atoms with E-state index in [1.165, 1.54) is 0 Å². The number of aliphatic hydroxyl groups excluding tert-OH is 1. The molecule has 0 aliphatic carbocycles. The van der Waals surface area contributed by atoms with Crippen molar-refractivity contribution in [3.8, 4) is 5.75 Å². The maximum absolute atomic E-state index is 10.6. The molecule has 1 heterocycles. The second-order valence-electron chi connectivity index (χ2n) is 4.82. The molecule has 108 valence electrons. The summed E-state index contributed by atoms with van der Waals surface area (Å²) in [6, 6.07) is 7.69. The SMILES string of the molecule is CCOc1cccc(C(O)c2c(Br)cnn2C(C)C)c1. The van der Waals surface area contributed by atoms with E-state index in [0.29, 0.717) is 6.61 Å². The van der Waals surface area contributed by atoms with E-state index < -0.39 is 6.10 Å². The smallest absolute Gasteiger partial charge is 0.122 e. The van der Waals surface area contributed by atoms with Crippen molar-refractivity contribution in [2.45, 2.75) is 32.9 Å². The van der Waals surface area contributed by atoms with Gasteiger partial charge in [0.15, 0.2) is 0 Å². The van der Waals surface area contributed by atoms with Crippen molar-refractivity contribution in [2.75, 3.05) is 6.61 Å². The van der Waals surface area contributed by atoms with Crippen LogP contribution >= 0.6 is 15.9 Å². The first-order valence-corrected chi connectivity index (χ1v) is 7.47. The Bertz CT molecular complexity index is 581. The third-order valence-electron chi connectivity index (χ3n) is 3.02. The molecule has 20 heavy (non-hydrogen) atoms. The summed E-state index contributed by atoms with van der Waals surface area (Å²) < 4.78 is 8.10. The van der Waals surface area contributed by atoms with Crippen LogP contribution in [0.25, 0.3) is 0 Å². The number of hydrogen-bond acceptors (Lipinski definition) is 3. The maximum Gasteiger partial charge on any atom is 0.122 e. The predicted molar refractivity (Wildman–Crippen MR) is 82.0 cm³/mol. The third kappa shape index (κ3) is 3.04. The van der Waals surface area contributed by atoms with E-state index in [1.807, 2.05) is 49.7 Å². The van der Waals surface area contributed by atoms with Crippen LogP contribution < -0.4 is 4.74 Å². The fraction of sp³-hybridized carbons (Fsp3) is 0.400. The van der Waals surface area contributed by atoms with E-state index in [1.54, 1.807) is 6.20 Å². The van der Waals surface area contributed by atoms with Crippen LogP contribution in [0.2, 0.25) is 0 Å². The van der Waals surface area contributed by atoms with Crippen molar-refractivity contribution in [3.63, 3.8) is 0 Å². The molecule has 0 bridgehead atoms. The van der Waals surface area contributed by atoms with Crippen molar-refractivity contribution in [1.29, 1.82) is 0 Å². The number of rotatable bonds is 5. The summed E-state index contributed by atoms with van der Waals surface area (Å²) in [4.78, 5) is 0. The monoisotopic (exact) mass is 338 g/mol. The molecule has 2 aromatic rings. The molecule has 0 aliphatic rings. The summed E-state index contributed by atoms with van der Waals surface area (Å²) in [7, 11) is 0. The van der Waals surface area contributed by atoms with Crippen LogP contribution in [0.15, 0.2) is 34.9 Å². The maximum atomic E-state index is 10.6. The molecule has 0 fully saturated rings. The highest BCUT2D eigenvalue weighted by Gasteiger charge is 2.21. The van der Waals surface area contributed by atoms with Crippen LogP contribution in [0.3, 0.4) is 0 Å². The van der Waals surface area contributed by atoms with Crippen molar-refractivity contribution < 1.29 is 9.84 Å². The lowest BCUT2D eigenvalue weighted by Gasteiger charge is -2.17. The van der Waals surface area contributed by atoms with Gasteiger partial charge in [-0.1, -0.05) is 12.1 Å². The molecular weight excluding hydrogens is 320 g/mol. The van der Waals surface area contributed by atoms with E-state index in [2.05, 4.69) is 21.0 Å². The third-order valence-corrected chi connectivity index (χ3v) is 3.63. The Morgan fingerprint density at radius 2 is 2.15 bits per heavy atom. The van der Waals surface area contributed by atoms with Crippen molar-refractivity contribution >= 4 is 15.9 Å². The van der Waals surface area contributed by atoms with Crippen LogP contribution in [-0.4, -0.2) is 21.5 Å². The quantitative estimate of drug-likeness (QED) is 0.903. The zero-order valence-corrected chi connectivity index (χ0v) is 13.5. The first kappa shape index (κ1) is 15.1. The average Bonchev–Trinajstić information content (AvgIpc) is 2.81. The molecule has 0 radical (unpaired) electrons. The second kappa shape index (κ2) is 6.41. The minimum Gasteiger partial charge on any atom is -0.494 e. The number of hydrogen-bond donors (Lipinski definition) is 1. The Balaban J connectivity index is 2.38. The molecule has 4 nitrogen and oxygen atoms in total. The molecule has 0 amide bonds. The number of halogens is 1. The van der Waals surface area contributed by atoms with Gasteiger partial charge >= 0.3 is 0 Å². The molecule has 1 atom stereocenters. The van der Waals surface area contributed by atoms with E-state index in [0.717, 1.165) is 21.5 Å². The Labute approximate surface area is 127 Å². The van der Waals surface area contributed by atoms with Gasteiger partial charge < -0.3 is 9.84 Å². The first-order chi connectivity index (χ1) is 9.54. The van der Waals surface area contributed by atoms with Crippen LogP contribution in [0.1, 0.15) is 44.2 Å². The van der Waals surface area contributed by atoms with Gasteiger partial charge in [0.2, 0.25) is 0 Å². The zero-order valence-electron chi connectivity index (χ0n) is 11.9. The molecule has 0 spiro atoms. The normalized spacial score (nSPS) is 12.7. The Kier molecular flexibility index (Phi) is 4.83. The van der Waals surface area contributed by atoms with Crippen LogP contribution in [0.5, 0.6) is 5.75 Å². The molecule has 0 saturated heterocycles. The van der Waals surface area contributed by atoms with Crippen LogP contribution in [0, 0.1) is 0 Å². The summed E-state index contributed by atoms with van der Waals surface area (Å²) in [5.74, 6) is 0.760. The van der Waals surface area contributed by atoms with Crippen LogP contribution in [-0.2, 0) is 0 Å². The van der Waals surface area contributed by atoms with Gasteiger partial charge in [0.05, 0.1) is 23.0 Å². The van der Waals surface area contributed by atoms with Gasteiger partial charge in [-0.25, -0.2) is 0 Å². The van der Waals surface area contributed by atoms with Crippen molar-refractivity contribution in [1.82, 2.24) is 9.78 Å². The minimum absolute atomic E-state index is 0.182. The number of aliphatic hydroxyl groups is 1. The molecule has 1 aromatic carbocycles. The molecule has 1 N–H and O–H groups in total. The Morgan fingerprint density at radius 1 is 1.40 bits per heavy atom. The van der Waals surface area contributed by atoms with Gasteiger partial charge in [-0.2, -0.15) is 5.10 Å². The number of ether oxygens (including phenoxy) is 1. The molecule has 1 aromatic heterocycles. The van der Waals surface area contributed by atoms with Gasteiger partial charge in [0.25, 0.3) is 0 Å². The molecule has 2 rings (SSSR count). The summed E-state index contributed by atoms with van der Waals surface area (Å²) in [5.41, 5.74) is 1.55. The minimum atomic E-state index is -0.741. The zero-order chi connectivity index (χ0) is 14.7. The molecule has 1 unspecified atom stereocenters. The summed E-state index contributed by atoms with van der Waals surface area (Å²) in [5, 5.41) is 14.9. The molecule has 0 saturated carbocycles. The fourth-order valence-corrected chi connectivity index (χ4v) is 2.61. The molecular formula is C15H19BrN2O2. The topological polar surface area (TPSA) is 47.3 Å². The lowest BCUT2D eigenvalue weighted by atomic mass is 10.1. The van der Waals surface area contributed by atoms with E-state index in [-0.39, 0.29) is 6.04 Å². The summed E-state index contributed by atoms with van der Waals surface area (Å²) in [6.45, 7) is 6.61. The second-order valence-corrected chi connectivity index (χ2v) is 5.68. The lowest BCUT2D eigenvalue weighted by Crippen LogP contribution is -2.12. The van der Waals surface area contributed by atoms with Gasteiger partial charge in [0.1, 0.15) is 11.9 Å². The highest BCUT2D eigenvalue weighted by Crippen LogP contribution is 2.31. The van der Waals surface area contributed by atoms with Gasteiger partial charge in [-0.15, -0.1) is 0 Å². The largest absolute Gasteiger partial charge is 0.494 e. The molecule has 5 heteroatoms. The highest BCUT2D eigenvalue weighted by atomic mass is 79.9. The van der Waals surface area contributed by atoms with Crippen molar-refractivity contribution in [3.05, 3.63) is 46.2 Å². The van der Waals surface area contributed by atoms with E-state index in [9.17, 15) is 5.11 Å². The van der Waals surface area contributed by atoms with E-state index in [4.69, 9.17) is 4.74 Å². The van der Waals surface area contributed by atoms with Gasteiger partial charge in [0, 0.05) is 6.04 Å². The van der Waals surface area contributed by atoms with E-state index >= 15 is 0 Å². The number of aromatic nitrogens is 2. The fourth-order valence-electron chi connectivity index (χ4n) is 2.12. The number of nitrogens with zero attached hydrogens (tertiary/aromatic N) is 2. The average molecular weight is 339 g/mol. The Morgan fingerprint density at radius 3 is 2.80 bits per heavy atom. The molecule has 0 aliphatic heterocycles. The van der Waals surface area contributed by atoms with Crippen molar-refractivity contribution in [2.24, 2.45) is 0 Å². The highest BCUT2D eigenvalue weighted by molar-refractivity contribution is 9.10. The Hall–Kier alpha value is -1.33. The first-order valence-electron chi connectivity index (χ1n) is 6.68. The van der Waals surface area contributed by atoms with Gasteiger partial charge in [-0.3, -0.25) is 4.68 Å². The van der Waals surface area contributed by atoms with Crippen LogP contribution in [0.4, 0.5) is 0 Å². The lowest BCUT2D eigenvalue weighted by molar-refractivity contribution is 0.203. The summed E-state index contributed by atoms with van der Waals surface area (Å²) in [6.07, 6.45) is 0.972. The summed E-state index contributed by atoms with van der Waals surface area (Å²) >= 11 is 3.46. The standard InChI is InChI=1S/C15H19BrN2O2/c1-4-20-12-7-5-6-11(8-12)15(19)14-13(16)9-17-18(14)10(2)3/h5-10,15,19H,4H2,1-3H3. The predicted octanol–water partition coefficient (Wildman–Crippen LogP) is 3.71. The number of benzene rings is 1.